The summed E-state index contributed by atoms with van der Waals surface area (Å²) in [5, 5.41) is 4.15. The average Bonchev–Trinajstić information content (AvgIpc) is 2.48. The molecule has 2 N–H and O–H groups in total. The van der Waals surface area contributed by atoms with Gasteiger partial charge in [0.2, 0.25) is 5.91 Å². The van der Waals surface area contributed by atoms with Crippen molar-refractivity contribution >= 4 is 99.8 Å². The number of nitrogens with one attached hydrogen (secondary N) is 2. The minimum Gasteiger partial charge on any atom is -0.493 e. The van der Waals surface area contributed by atoms with Crippen molar-refractivity contribution in [2.75, 3.05) is 53.2 Å². The molecule has 438 valence electrons. The van der Waals surface area contributed by atoms with E-state index in [1.807, 2.05) is 80.3 Å². The summed E-state index contributed by atoms with van der Waals surface area (Å²) in [4.78, 5) is 87.7. The summed E-state index contributed by atoms with van der Waals surface area (Å²) in [5.74, 6) is -2.10. The van der Waals surface area contributed by atoms with Crippen LogP contribution in [-0.2, 0) is 80.6 Å². The first-order valence-corrected chi connectivity index (χ1v) is 32.7. The molecule has 20 nitrogen and oxygen atoms in total. The van der Waals surface area contributed by atoms with Gasteiger partial charge < -0.3 is 39.5 Å². The van der Waals surface area contributed by atoms with Gasteiger partial charge in [-0.2, -0.15) is 8.42 Å². The largest absolute Gasteiger partial charge is 0.493 e. The van der Waals surface area contributed by atoms with Gasteiger partial charge in [-0.3, -0.25) is 28.2 Å². The van der Waals surface area contributed by atoms with Gasteiger partial charge in [0.1, 0.15) is 24.2 Å². The third-order valence-electron chi connectivity index (χ3n) is 15.5. The van der Waals surface area contributed by atoms with Crippen LogP contribution in [0.4, 0.5) is 22.7 Å². The van der Waals surface area contributed by atoms with Crippen LogP contribution in [0.15, 0.2) is 91.0 Å². The second-order valence-corrected chi connectivity index (χ2v) is 29.0. The number of methoxy groups -OCH3 is 1. The standard InChI is InChI=1S/C59H63N5O15S4/c1-34-21-42-39(28-52(83(73,74)76-5)47-26-38-12-8-10-14-46(38)63(47)56(42)68)27-48(34)77-32-35-22-36(33-78-50-30-44-43(29-49(50)75-4)57(69)62-41(31-60-44)25-37-11-7-9-13-45(37)62)24-40(23-35)61-53(65)17-19-59(2,3)81-80-20-18-51(82(6,71)72)58(70)79-64-54(66)15-16-55(64)67/h7-14,21-24,27,29-30,41,47,51-52,60H,15-20,25-26,28,31-33H2,1-6H3,(H,61,65)/t41-,47-,51?,52?/m0/s1. The molecule has 0 aliphatic carbocycles. The highest BCUT2D eigenvalue weighted by Gasteiger charge is 2.48. The molecular weight excluding hydrogens is 1150 g/mol. The van der Waals surface area contributed by atoms with Crippen LogP contribution >= 0.6 is 21.6 Å². The fourth-order valence-corrected chi connectivity index (χ4v) is 16.2. The molecule has 5 aliphatic heterocycles. The van der Waals surface area contributed by atoms with Crippen LogP contribution in [0.5, 0.6) is 17.2 Å². The number of anilines is 4. The monoisotopic (exact) mass is 1210 g/mol. The summed E-state index contributed by atoms with van der Waals surface area (Å²) < 4.78 is 75.8. The third kappa shape index (κ3) is 12.6. The lowest BCUT2D eigenvalue weighted by Crippen LogP contribution is -2.47. The van der Waals surface area contributed by atoms with Crippen LogP contribution in [0.25, 0.3) is 0 Å². The number of carbonyl (C=O) groups excluding carboxylic acids is 6. The Morgan fingerprint density at radius 3 is 2.06 bits per heavy atom. The Hall–Kier alpha value is -7.12. The lowest BCUT2D eigenvalue weighted by atomic mass is 9.97. The predicted molar refractivity (Wildman–Crippen MR) is 315 cm³/mol. The molecule has 0 spiro atoms. The molecule has 24 heteroatoms. The van der Waals surface area contributed by atoms with Gasteiger partial charge in [0, 0.05) is 71.3 Å². The van der Waals surface area contributed by atoms with E-state index in [1.54, 1.807) is 41.3 Å². The van der Waals surface area contributed by atoms with E-state index in [4.69, 9.17) is 23.2 Å². The molecule has 83 heavy (non-hydrogen) atoms. The number of hydrogen-bond donors (Lipinski definition) is 2. The highest BCUT2D eigenvalue weighted by Crippen LogP contribution is 2.44. The molecule has 10 rings (SSSR count). The van der Waals surface area contributed by atoms with E-state index in [2.05, 4.69) is 10.6 Å². The molecule has 5 aromatic carbocycles. The molecule has 5 heterocycles. The van der Waals surface area contributed by atoms with Gasteiger partial charge in [0.15, 0.2) is 26.6 Å². The van der Waals surface area contributed by atoms with E-state index in [-0.39, 0.29) is 74.8 Å². The van der Waals surface area contributed by atoms with E-state index in [0.29, 0.717) is 98.6 Å². The maximum Gasteiger partial charge on any atom is 0.351 e. The summed E-state index contributed by atoms with van der Waals surface area (Å²) >= 11 is 0. The fraction of sp³-hybridized carbons (Fsp3) is 0.390. The molecular formula is C59H63N5O15S4. The first-order chi connectivity index (χ1) is 39.5. The van der Waals surface area contributed by atoms with Crippen molar-refractivity contribution in [3.63, 3.8) is 0 Å². The third-order valence-corrected chi connectivity index (χ3v) is 22.0. The lowest BCUT2D eigenvalue weighted by Gasteiger charge is -2.28. The zero-order chi connectivity index (χ0) is 59.1. The number of hydroxylamine groups is 2. The number of fused-ring (bicyclic) bond motifs is 8. The molecule has 1 saturated heterocycles. The van der Waals surface area contributed by atoms with E-state index in [9.17, 15) is 45.6 Å². The lowest BCUT2D eigenvalue weighted by molar-refractivity contribution is -0.197. The van der Waals surface area contributed by atoms with E-state index >= 15 is 0 Å². The molecule has 4 atom stereocenters. The number of imide groups is 1. The number of hydrogen-bond acceptors (Lipinski definition) is 18. The van der Waals surface area contributed by atoms with Crippen molar-refractivity contribution in [1.82, 2.24) is 5.06 Å². The van der Waals surface area contributed by atoms with Crippen molar-refractivity contribution in [2.45, 2.75) is 113 Å². The summed E-state index contributed by atoms with van der Waals surface area (Å²) in [6.45, 7) is 6.16. The van der Waals surface area contributed by atoms with Gasteiger partial charge in [-0.15, -0.1) is 5.06 Å². The smallest absolute Gasteiger partial charge is 0.351 e. The molecule has 0 saturated carbocycles. The zero-order valence-corrected chi connectivity index (χ0v) is 49.8. The maximum absolute atomic E-state index is 14.5. The molecule has 1 fully saturated rings. The number of amides is 5. The Labute approximate surface area is 489 Å². The predicted octanol–water partition coefficient (Wildman–Crippen LogP) is 7.92. The van der Waals surface area contributed by atoms with Gasteiger partial charge in [-0.1, -0.05) is 58.0 Å². The van der Waals surface area contributed by atoms with E-state index in [1.165, 1.54) is 28.7 Å². The van der Waals surface area contributed by atoms with Crippen molar-refractivity contribution in [3.05, 3.63) is 136 Å². The van der Waals surface area contributed by atoms with E-state index < -0.39 is 59.0 Å². The Bertz CT molecular complexity index is 3670. The normalized spacial score (nSPS) is 18.6. The Morgan fingerprint density at radius 1 is 0.759 bits per heavy atom. The second-order valence-electron chi connectivity index (χ2n) is 21.8. The maximum atomic E-state index is 14.5. The van der Waals surface area contributed by atoms with Crippen molar-refractivity contribution in [1.29, 1.82) is 0 Å². The zero-order valence-electron chi connectivity index (χ0n) is 46.6. The minimum absolute atomic E-state index is 0.00413. The number of rotatable bonds is 21. The molecule has 5 aromatic rings. The number of carbonyl (C=O) groups is 6. The number of nitrogens with zero attached hydrogens (tertiary/aromatic N) is 3. The number of sulfone groups is 1. The van der Waals surface area contributed by atoms with Crippen molar-refractivity contribution < 1.29 is 68.8 Å². The molecule has 0 bridgehead atoms. The van der Waals surface area contributed by atoms with Crippen LogP contribution in [0.1, 0.15) is 100 Å². The van der Waals surface area contributed by atoms with Crippen molar-refractivity contribution in [2.24, 2.45) is 0 Å². The first-order valence-electron chi connectivity index (χ1n) is 27.0. The van der Waals surface area contributed by atoms with Gasteiger partial charge in [0.05, 0.1) is 37.6 Å². The van der Waals surface area contributed by atoms with Crippen LogP contribution in [0.3, 0.4) is 0 Å². The average molecular weight is 1210 g/mol. The first kappa shape index (κ1) is 59.1. The molecule has 5 aliphatic rings. The number of ether oxygens (including phenoxy) is 3. The molecule has 5 amide bonds. The highest BCUT2D eigenvalue weighted by atomic mass is 33.1. The fourth-order valence-electron chi connectivity index (χ4n) is 11.2. The van der Waals surface area contributed by atoms with Gasteiger partial charge in [-0.05, 0) is 135 Å². The van der Waals surface area contributed by atoms with Crippen LogP contribution in [-0.4, -0.2) is 118 Å². The second kappa shape index (κ2) is 23.9. The van der Waals surface area contributed by atoms with Crippen LogP contribution in [0.2, 0.25) is 0 Å². The topological polar surface area (TPSA) is 251 Å². The van der Waals surface area contributed by atoms with Crippen LogP contribution < -0.4 is 34.6 Å². The number of para-hydroxylation sites is 2. The summed E-state index contributed by atoms with van der Waals surface area (Å²) in [6, 6.07) is 26.8. The Kier molecular flexibility index (Phi) is 17.0. The van der Waals surface area contributed by atoms with Gasteiger partial charge >= 0.3 is 5.97 Å². The molecule has 0 aromatic heterocycles. The Morgan fingerprint density at radius 2 is 1.40 bits per heavy atom. The summed E-state index contributed by atoms with van der Waals surface area (Å²) in [6.07, 6.45) is 2.02. The van der Waals surface area contributed by atoms with Crippen LogP contribution in [0, 0.1) is 6.92 Å². The Balaban J connectivity index is 0.858. The summed E-state index contributed by atoms with van der Waals surface area (Å²) in [7, 11) is -2.74. The van der Waals surface area contributed by atoms with Gasteiger partial charge in [-0.25, -0.2) is 13.2 Å². The highest BCUT2D eigenvalue weighted by molar-refractivity contribution is 8.77. The SMILES string of the molecule is COc1cc2c(cc1OCc1cc(COc3cc4c(cc3C)C(=O)N3c5ccccc5C[C@H]3C(S(=O)(=O)OC)C4)cc(NC(=O)CCC(C)(C)SSCCC(C(=O)ON3C(=O)CCC3=O)S(C)(=O)=O)c1)NC[C@@H]1Cc3ccccc3N1C2=O. The molecule has 0 radical (unpaired) electrons. The molecule has 2 unspecified atom stereocenters. The summed E-state index contributed by atoms with van der Waals surface area (Å²) in [5.41, 5.74) is 7.75. The number of aryl methyl sites for hydroxylation is 1. The minimum atomic E-state index is -4.13. The quantitative estimate of drug-likeness (QED) is 0.0306. The number of benzene rings is 5. The van der Waals surface area contributed by atoms with E-state index in [0.717, 1.165) is 30.2 Å². The van der Waals surface area contributed by atoms with Gasteiger partial charge in [0.25, 0.3) is 33.7 Å². The van der Waals surface area contributed by atoms with Crippen molar-refractivity contribution in [3.8, 4) is 17.2 Å².